The van der Waals surface area contributed by atoms with Crippen molar-refractivity contribution < 1.29 is 14.3 Å². The van der Waals surface area contributed by atoms with Gasteiger partial charge in [0.15, 0.2) is 11.6 Å². The zero-order valence-corrected chi connectivity index (χ0v) is 17.5. The fourth-order valence-electron chi connectivity index (χ4n) is 5.58. The molecule has 2 aromatic carbocycles. The second-order valence-corrected chi connectivity index (χ2v) is 9.21. The molecule has 2 heterocycles. The molecule has 1 saturated carbocycles. The molecule has 3 aliphatic rings. The lowest BCUT2D eigenvalue weighted by Crippen LogP contribution is -2.36. The third kappa shape index (κ3) is 2.54. The van der Waals surface area contributed by atoms with Gasteiger partial charge in [0, 0.05) is 5.02 Å². The number of ether oxygens (including phenoxy) is 1. The molecule has 4 heteroatoms. The van der Waals surface area contributed by atoms with E-state index >= 15 is 0 Å². The normalized spacial score (nSPS) is 34.8. The maximum Gasteiger partial charge on any atom is 0.154 e. The van der Waals surface area contributed by atoms with E-state index in [1.54, 1.807) is 0 Å². The van der Waals surface area contributed by atoms with E-state index in [1.807, 2.05) is 68.5 Å². The van der Waals surface area contributed by atoms with Gasteiger partial charge in [-0.25, -0.2) is 0 Å². The Balaban J connectivity index is 1.61. The van der Waals surface area contributed by atoms with Crippen LogP contribution in [-0.4, -0.2) is 22.8 Å². The van der Waals surface area contributed by atoms with Crippen LogP contribution in [0, 0.1) is 11.8 Å². The number of aryl methyl sites for hydroxylation is 1. The van der Waals surface area contributed by atoms with Crippen molar-refractivity contribution in [3.63, 3.8) is 0 Å². The van der Waals surface area contributed by atoms with Crippen LogP contribution in [0.1, 0.15) is 37.8 Å². The number of halogens is 1. The molecule has 0 aromatic heterocycles. The van der Waals surface area contributed by atoms with Crippen molar-refractivity contribution in [2.24, 2.45) is 11.8 Å². The van der Waals surface area contributed by atoms with E-state index in [0.29, 0.717) is 5.02 Å². The standard InChI is InChI=1S/C25H23ClO3/c1-4-14-5-6-16(15-7-9-17(26)10-8-15)13-18(14)19-22(27)20-21(23(19)28)25(3)12-11-24(20,2)29-25/h5-13,19-21H,4H2,1-3H3/t19?,20-,21+,24-,25+. The number of carbonyl (C=O) groups is 2. The van der Waals surface area contributed by atoms with Gasteiger partial charge >= 0.3 is 0 Å². The van der Waals surface area contributed by atoms with Crippen LogP contribution in [0.15, 0.2) is 54.6 Å². The van der Waals surface area contributed by atoms with E-state index < -0.39 is 29.0 Å². The molecule has 29 heavy (non-hydrogen) atoms. The summed E-state index contributed by atoms with van der Waals surface area (Å²) >= 11 is 6.03. The molecule has 5 rings (SSSR count). The molecule has 2 fully saturated rings. The smallest absolute Gasteiger partial charge is 0.154 e. The second-order valence-electron chi connectivity index (χ2n) is 8.77. The molecule has 2 aliphatic heterocycles. The number of Topliss-reactive ketones (excluding diaryl/α,β-unsaturated/α-hetero) is 2. The van der Waals surface area contributed by atoms with Gasteiger partial charge in [0.1, 0.15) is 5.92 Å². The van der Waals surface area contributed by atoms with Crippen LogP contribution in [0.4, 0.5) is 0 Å². The van der Waals surface area contributed by atoms with Gasteiger partial charge in [0.25, 0.3) is 0 Å². The Bertz CT molecular complexity index is 1030. The summed E-state index contributed by atoms with van der Waals surface area (Å²) in [5.74, 6) is -1.52. The van der Waals surface area contributed by atoms with E-state index in [2.05, 4.69) is 6.92 Å². The summed E-state index contributed by atoms with van der Waals surface area (Å²) in [5, 5.41) is 0.678. The SMILES string of the molecule is CCc1ccc(-c2ccc(Cl)cc2)cc1C1C(=O)[C@@H]2[C@H](C1=O)[C@@]1(C)C=C[C@]2(C)O1. The predicted molar refractivity (Wildman–Crippen MR) is 113 cm³/mol. The van der Waals surface area contributed by atoms with Crippen LogP contribution < -0.4 is 0 Å². The Kier molecular flexibility index (Phi) is 3.97. The largest absolute Gasteiger partial charge is 0.359 e. The Morgan fingerprint density at radius 3 is 2.00 bits per heavy atom. The van der Waals surface area contributed by atoms with Crippen LogP contribution >= 0.6 is 11.6 Å². The molecule has 0 amide bonds. The first-order chi connectivity index (χ1) is 13.8. The number of benzene rings is 2. The maximum atomic E-state index is 13.5. The Morgan fingerprint density at radius 1 is 0.897 bits per heavy atom. The van der Waals surface area contributed by atoms with Crippen LogP contribution in [0.5, 0.6) is 0 Å². The minimum absolute atomic E-state index is 0.00136. The van der Waals surface area contributed by atoms with Gasteiger partial charge in [-0.15, -0.1) is 0 Å². The molecule has 2 aromatic rings. The number of rotatable bonds is 3. The van der Waals surface area contributed by atoms with E-state index in [1.165, 1.54) is 0 Å². The summed E-state index contributed by atoms with van der Waals surface area (Å²) in [6.45, 7) is 5.91. The number of fused-ring (bicyclic) bond motifs is 5. The number of hydrogen-bond donors (Lipinski definition) is 0. The van der Waals surface area contributed by atoms with Crippen molar-refractivity contribution in [2.75, 3.05) is 0 Å². The fourth-order valence-corrected chi connectivity index (χ4v) is 5.70. The topological polar surface area (TPSA) is 43.4 Å². The highest BCUT2D eigenvalue weighted by atomic mass is 35.5. The first kappa shape index (κ1) is 18.8. The van der Waals surface area contributed by atoms with Gasteiger partial charge in [0.2, 0.25) is 0 Å². The van der Waals surface area contributed by atoms with Crippen molar-refractivity contribution in [2.45, 2.75) is 44.3 Å². The van der Waals surface area contributed by atoms with E-state index in [-0.39, 0.29) is 11.6 Å². The van der Waals surface area contributed by atoms with Crippen molar-refractivity contribution in [3.05, 3.63) is 70.8 Å². The molecule has 148 valence electrons. The maximum absolute atomic E-state index is 13.5. The second kappa shape index (κ2) is 6.13. The lowest BCUT2D eigenvalue weighted by atomic mass is 9.73. The highest BCUT2D eigenvalue weighted by Crippen LogP contribution is 2.59. The Morgan fingerprint density at radius 2 is 1.45 bits per heavy atom. The Labute approximate surface area is 175 Å². The first-order valence-corrected chi connectivity index (χ1v) is 10.5. The third-order valence-corrected chi connectivity index (χ3v) is 7.20. The lowest BCUT2D eigenvalue weighted by molar-refractivity contribution is -0.131. The summed E-state index contributed by atoms with van der Waals surface area (Å²) in [6.07, 6.45) is 4.70. The van der Waals surface area contributed by atoms with Crippen molar-refractivity contribution >= 4 is 23.2 Å². The summed E-state index contributed by atoms with van der Waals surface area (Å²) in [4.78, 5) is 27.1. The van der Waals surface area contributed by atoms with E-state index in [9.17, 15) is 9.59 Å². The lowest BCUT2D eigenvalue weighted by Gasteiger charge is -2.24. The monoisotopic (exact) mass is 406 g/mol. The third-order valence-electron chi connectivity index (χ3n) is 6.95. The minimum atomic E-state index is -0.713. The molecule has 1 unspecified atom stereocenters. The summed E-state index contributed by atoms with van der Waals surface area (Å²) in [6, 6.07) is 13.7. The average Bonchev–Trinajstić information content (AvgIpc) is 3.25. The van der Waals surface area contributed by atoms with Gasteiger partial charge in [0.05, 0.1) is 23.0 Å². The van der Waals surface area contributed by atoms with Gasteiger partial charge in [-0.05, 0) is 60.7 Å². The van der Waals surface area contributed by atoms with Crippen LogP contribution in [0.25, 0.3) is 11.1 Å². The van der Waals surface area contributed by atoms with E-state index in [0.717, 1.165) is 28.7 Å². The molecule has 3 nitrogen and oxygen atoms in total. The molecule has 1 aliphatic carbocycles. The quantitative estimate of drug-likeness (QED) is 0.522. The number of hydrogen-bond acceptors (Lipinski definition) is 3. The molecule has 5 atom stereocenters. The molecule has 0 N–H and O–H groups in total. The predicted octanol–water partition coefficient (Wildman–Crippen LogP) is 5.15. The molecule has 0 radical (unpaired) electrons. The summed E-state index contributed by atoms with van der Waals surface area (Å²) in [5.41, 5.74) is 2.53. The fraction of sp³-hybridized carbons (Fsp3) is 0.360. The number of carbonyl (C=O) groups excluding carboxylic acids is 2. The highest BCUT2D eigenvalue weighted by Gasteiger charge is 2.70. The number of ketones is 2. The van der Waals surface area contributed by atoms with Gasteiger partial charge in [-0.1, -0.05) is 54.9 Å². The molecule has 1 saturated heterocycles. The van der Waals surface area contributed by atoms with Crippen LogP contribution in [0.2, 0.25) is 5.02 Å². The van der Waals surface area contributed by atoms with Crippen LogP contribution in [0.3, 0.4) is 0 Å². The molecular weight excluding hydrogens is 384 g/mol. The highest BCUT2D eigenvalue weighted by molar-refractivity contribution is 6.30. The van der Waals surface area contributed by atoms with Crippen molar-refractivity contribution in [3.8, 4) is 11.1 Å². The minimum Gasteiger partial charge on any atom is -0.359 e. The zero-order valence-electron chi connectivity index (χ0n) is 16.7. The van der Waals surface area contributed by atoms with Crippen molar-refractivity contribution in [1.29, 1.82) is 0 Å². The van der Waals surface area contributed by atoms with Crippen molar-refractivity contribution in [1.82, 2.24) is 0 Å². The van der Waals surface area contributed by atoms with Gasteiger partial charge in [-0.3, -0.25) is 9.59 Å². The molecule has 0 spiro atoms. The van der Waals surface area contributed by atoms with E-state index in [4.69, 9.17) is 16.3 Å². The summed E-state index contributed by atoms with van der Waals surface area (Å²) in [7, 11) is 0. The zero-order chi connectivity index (χ0) is 20.6. The summed E-state index contributed by atoms with van der Waals surface area (Å²) < 4.78 is 6.13. The molecular formula is C25H23ClO3. The first-order valence-electron chi connectivity index (χ1n) is 10.1. The Hall–Kier alpha value is -2.23. The molecule has 2 bridgehead atoms. The van der Waals surface area contributed by atoms with Gasteiger partial charge < -0.3 is 4.74 Å². The van der Waals surface area contributed by atoms with Crippen LogP contribution in [-0.2, 0) is 20.7 Å². The average molecular weight is 407 g/mol. The van der Waals surface area contributed by atoms with Gasteiger partial charge in [-0.2, -0.15) is 0 Å².